The van der Waals surface area contributed by atoms with Crippen LogP contribution in [0.2, 0.25) is 10.0 Å². The molecule has 0 saturated carbocycles. The predicted octanol–water partition coefficient (Wildman–Crippen LogP) is 6.02. The topological polar surface area (TPSA) is 17.1 Å². The Labute approximate surface area is 142 Å². The van der Waals surface area contributed by atoms with Gasteiger partial charge in [0.25, 0.3) is 0 Å². The second-order valence-corrected chi connectivity index (χ2v) is 6.25. The highest BCUT2D eigenvalue weighted by Crippen LogP contribution is 2.31. The Kier molecular flexibility index (Phi) is 5.24. The van der Waals surface area contributed by atoms with E-state index in [9.17, 15) is 9.18 Å². The van der Waals surface area contributed by atoms with E-state index in [1.54, 1.807) is 6.07 Å². The Bertz CT molecular complexity index is 666. The van der Waals surface area contributed by atoms with Gasteiger partial charge in [0.15, 0.2) is 5.78 Å². The highest BCUT2D eigenvalue weighted by Gasteiger charge is 2.20. The molecule has 0 aliphatic carbocycles. The standard InChI is InChI=1S/C14H7Br2Cl2FO/c15-6-7-1-2-9(10(16)3-7)14(20)13-11(17)4-8(19)5-12(13)18/h1-5H,6H2. The number of hydrogen-bond donors (Lipinski definition) is 0. The number of alkyl halides is 1. The summed E-state index contributed by atoms with van der Waals surface area (Å²) in [5.41, 5.74) is 1.54. The van der Waals surface area contributed by atoms with Crippen LogP contribution in [0.4, 0.5) is 4.39 Å². The van der Waals surface area contributed by atoms with E-state index in [0.29, 0.717) is 15.4 Å². The van der Waals surface area contributed by atoms with Crippen LogP contribution in [0.1, 0.15) is 21.5 Å². The Morgan fingerprint density at radius 1 is 1.15 bits per heavy atom. The van der Waals surface area contributed by atoms with Gasteiger partial charge in [0.05, 0.1) is 15.6 Å². The van der Waals surface area contributed by atoms with Crippen molar-refractivity contribution >= 4 is 60.8 Å². The molecule has 0 fully saturated rings. The molecule has 0 spiro atoms. The molecule has 0 N–H and O–H groups in total. The van der Waals surface area contributed by atoms with Gasteiger partial charge in [0, 0.05) is 15.4 Å². The lowest BCUT2D eigenvalue weighted by atomic mass is 10.0. The molecule has 2 aromatic rings. The van der Waals surface area contributed by atoms with Crippen LogP contribution in [-0.4, -0.2) is 5.78 Å². The highest BCUT2D eigenvalue weighted by atomic mass is 79.9. The molecular weight excluding hydrogens is 434 g/mol. The zero-order valence-corrected chi connectivity index (χ0v) is 14.6. The first-order valence-corrected chi connectivity index (χ1v) is 8.14. The van der Waals surface area contributed by atoms with E-state index in [-0.39, 0.29) is 21.4 Å². The van der Waals surface area contributed by atoms with Gasteiger partial charge in [0.2, 0.25) is 0 Å². The summed E-state index contributed by atoms with van der Waals surface area (Å²) in [5.74, 6) is -0.932. The number of halogens is 5. The van der Waals surface area contributed by atoms with Crippen molar-refractivity contribution in [3.63, 3.8) is 0 Å². The van der Waals surface area contributed by atoms with Crippen molar-refractivity contribution in [2.75, 3.05) is 0 Å². The van der Waals surface area contributed by atoms with Crippen molar-refractivity contribution < 1.29 is 9.18 Å². The summed E-state index contributed by atoms with van der Waals surface area (Å²) in [6, 6.07) is 7.47. The quantitative estimate of drug-likeness (QED) is 0.421. The van der Waals surface area contributed by atoms with E-state index in [0.717, 1.165) is 17.7 Å². The lowest BCUT2D eigenvalue weighted by Crippen LogP contribution is -2.05. The van der Waals surface area contributed by atoms with Gasteiger partial charge in [-0.1, -0.05) is 61.1 Å². The molecule has 0 unspecified atom stereocenters. The Balaban J connectivity index is 2.52. The smallest absolute Gasteiger partial charge is 0.197 e. The number of rotatable bonds is 3. The molecular formula is C14H7Br2Cl2FO. The second kappa shape index (κ2) is 6.56. The van der Waals surface area contributed by atoms with Crippen molar-refractivity contribution in [2.24, 2.45) is 0 Å². The van der Waals surface area contributed by atoms with Crippen molar-refractivity contribution in [1.82, 2.24) is 0 Å². The summed E-state index contributed by atoms with van der Waals surface area (Å²) >= 11 is 18.5. The first kappa shape index (κ1) is 16.0. The maximum absolute atomic E-state index is 13.2. The lowest BCUT2D eigenvalue weighted by Gasteiger charge is -2.09. The van der Waals surface area contributed by atoms with Gasteiger partial charge in [-0.3, -0.25) is 4.79 Å². The van der Waals surface area contributed by atoms with Gasteiger partial charge in [-0.05, 0) is 29.8 Å². The number of ketones is 1. The Morgan fingerprint density at radius 3 is 2.25 bits per heavy atom. The second-order valence-electron chi connectivity index (χ2n) is 4.02. The van der Waals surface area contributed by atoms with Crippen LogP contribution in [0.5, 0.6) is 0 Å². The molecule has 0 radical (unpaired) electrons. The minimum atomic E-state index is -0.578. The normalized spacial score (nSPS) is 10.7. The van der Waals surface area contributed by atoms with Crippen molar-refractivity contribution in [1.29, 1.82) is 0 Å². The Hall–Kier alpha value is -0.420. The van der Waals surface area contributed by atoms with Crippen LogP contribution >= 0.6 is 55.1 Å². The van der Waals surface area contributed by atoms with E-state index in [2.05, 4.69) is 31.9 Å². The molecule has 20 heavy (non-hydrogen) atoms. The maximum atomic E-state index is 13.2. The fourth-order valence-electron chi connectivity index (χ4n) is 1.72. The minimum absolute atomic E-state index is 0.00327. The lowest BCUT2D eigenvalue weighted by molar-refractivity contribution is 0.103. The summed E-state index contributed by atoms with van der Waals surface area (Å²) in [4.78, 5) is 12.5. The molecule has 0 saturated heterocycles. The van der Waals surface area contributed by atoms with E-state index in [4.69, 9.17) is 23.2 Å². The van der Waals surface area contributed by atoms with Crippen molar-refractivity contribution in [2.45, 2.75) is 5.33 Å². The van der Waals surface area contributed by atoms with E-state index in [1.807, 2.05) is 12.1 Å². The molecule has 2 aromatic carbocycles. The third-order valence-electron chi connectivity index (χ3n) is 2.67. The Morgan fingerprint density at radius 2 is 1.75 bits per heavy atom. The maximum Gasteiger partial charge on any atom is 0.197 e. The van der Waals surface area contributed by atoms with Crippen LogP contribution in [-0.2, 0) is 5.33 Å². The first-order chi connectivity index (χ1) is 9.43. The summed E-state index contributed by atoms with van der Waals surface area (Å²) < 4.78 is 13.8. The molecule has 0 aromatic heterocycles. The minimum Gasteiger partial charge on any atom is -0.288 e. The first-order valence-electron chi connectivity index (χ1n) is 5.47. The predicted molar refractivity (Wildman–Crippen MR) is 86.6 cm³/mol. The SMILES string of the molecule is O=C(c1ccc(CBr)cc1Br)c1c(Cl)cc(F)cc1Cl. The molecule has 2 rings (SSSR count). The van der Waals surface area contributed by atoms with Gasteiger partial charge in [-0.2, -0.15) is 0 Å². The molecule has 0 atom stereocenters. The number of benzene rings is 2. The van der Waals surface area contributed by atoms with E-state index in [1.165, 1.54) is 0 Å². The molecule has 0 amide bonds. The molecule has 6 heteroatoms. The summed E-state index contributed by atoms with van der Waals surface area (Å²) in [6.07, 6.45) is 0. The van der Waals surface area contributed by atoms with Gasteiger partial charge in [-0.15, -0.1) is 0 Å². The zero-order valence-electron chi connectivity index (χ0n) is 9.89. The fourth-order valence-corrected chi connectivity index (χ4v) is 3.31. The van der Waals surface area contributed by atoms with Crippen LogP contribution < -0.4 is 0 Å². The monoisotopic (exact) mass is 438 g/mol. The van der Waals surface area contributed by atoms with Crippen molar-refractivity contribution in [3.8, 4) is 0 Å². The van der Waals surface area contributed by atoms with Crippen LogP contribution in [0.3, 0.4) is 0 Å². The van der Waals surface area contributed by atoms with Crippen molar-refractivity contribution in [3.05, 3.63) is 67.4 Å². The largest absolute Gasteiger partial charge is 0.288 e. The number of carbonyl (C=O) groups is 1. The molecule has 0 bridgehead atoms. The molecule has 0 aliphatic heterocycles. The third-order valence-corrected chi connectivity index (χ3v) is 4.57. The summed E-state index contributed by atoms with van der Waals surface area (Å²) in [7, 11) is 0. The van der Waals surface area contributed by atoms with Crippen LogP contribution in [0.25, 0.3) is 0 Å². The molecule has 104 valence electrons. The van der Waals surface area contributed by atoms with Crippen LogP contribution in [0, 0.1) is 5.82 Å². The zero-order chi connectivity index (χ0) is 14.9. The molecule has 0 aliphatic rings. The summed E-state index contributed by atoms with van der Waals surface area (Å²) in [6.45, 7) is 0. The average molecular weight is 441 g/mol. The number of carbonyl (C=O) groups excluding carboxylic acids is 1. The number of hydrogen-bond acceptors (Lipinski definition) is 1. The average Bonchev–Trinajstić information content (AvgIpc) is 2.37. The highest BCUT2D eigenvalue weighted by molar-refractivity contribution is 9.10. The van der Waals surface area contributed by atoms with Gasteiger partial charge in [0.1, 0.15) is 5.82 Å². The molecule has 1 nitrogen and oxygen atoms in total. The van der Waals surface area contributed by atoms with Gasteiger partial charge < -0.3 is 0 Å². The fraction of sp³-hybridized carbons (Fsp3) is 0.0714. The van der Waals surface area contributed by atoms with Gasteiger partial charge >= 0.3 is 0 Å². The summed E-state index contributed by atoms with van der Waals surface area (Å²) in [5, 5.41) is 0.672. The van der Waals surface area contributed by atoms with E-state index >= 15 is 0 Å². The van der Waals surface area contributed by atoms with Crippen LogP contribution in [0.15, 0.2) is 34.8 Å². The van der Waals surface area contributed by atoms with Gasteiger partial charge in [-0.25, -0.2) is 4.39 Å². The van der Waals surface area contributed by atoms with E-state index < -0.39 is 5.82 Å². The third kappa shape index (κ3) is 3.25. The molecule has 0 heterocycles.